The molecule has 0 radical (unpaired) electrons. The summed E-state index contributed by atoms with van der Waals surface area (Å²) in [5, 5.41) is 3.09. The normalized spacial score (nSPS) is 10.2. The third kappa shape index (κ3) is 4.46. The molecule has 0 aliphatic heterocycles. The number of nitrogens with two attached hydrogens (primary N) is 2. The fourth-order valence-corrected chi connectivity index (χ4v) is 1.11. The summed E-state index contributed by atoms with van der Waals surface area (Å²) in [5.41, 5.74) is 11.0. The molecule has 0 unspecified atom stereocenters. The average Bonchev–Trinajstić information content (AvgIpc) is 2.16. The molecule has 0 atom stereocenters. The van der Waals surface area contributed by atoms with Gasteiger partial charge in [-0.1, -0.05) is 0 Å². The molecule has 15 heavy (non-hydrogen) atoms. The van der Waals surface area contributed by atoms with E-state index < -0.39 is 0 Å². The third-order valence-electron chi connectivity index (χ3n) is 1.74. The summed E-state index contributed by atoms with van der Waals surface area (Å²) < 4.78 is 5.20. The number of anilines is 3. The first-order valence-corrected chi connectivity index (χ1v) is 4.94. The molecule has 1 aromatic rings. The van der Waals surface area contributed by atoms with Gasteiger partial charge in [0.2, 0.25) is 5.95 Å². The van der Waals surface area contributed by atoms with Gasteiger partial charge in [0.05, 0.1) is 0 Å². The number of nitrogens with zero attached hydrogens (tertiary/aromatic N) is 2. The van der Waals surface area contributed by atoms with Crippen LogP contribution in [0, 0.1) is 0 Å². The molecule has 0 saturated heterocycles. The molecule has 0 aromatic carbocycles. The van der Waals surface area contributed by atoms with Gasteiger partial charge in [-0.05, 0) is 13.3 Å². The van der Waals surface area contributed by atoms with E-state index >= 15 is 0 Å². The highest BCUT2D eigenvalue weighted by atomic mass is 16.5. The first kappa shape index (κ1) is 11.5. The van der Waals surface area contributed by atoms with E-state index in [4.69, 9.17) is 16.2 Å². The van der Waals surface area contributed by atoms with Gasteiger partial charge in [0, 0.05) is 25.8 Å². The van der Waals surface area contributed by atoms with Gasteiger partial charge in [-0.2, -0.15) is 9.97 Å². The zero-order chi connectivity index (χ0) is 11.1. The van der Waals surface area contributed by atoms with Crippen molar-refractivity contribution in [2.75, 3.05) is 36.5 Å². The summed E-state index contributed by atoms with van der Waals surface area (Å²) >= 11 is 0. The summed E-state index contributed by atoms with van der Waals surface area (Å²) in [5.74, 6) is 1.20. The fourth-order valence-electron chi connectivity index (χ4n) is 1.11. The summed E-state index contributed by atoms with van der Waals surface area (Å²) in [6.45, 7) is 4.22. The van der Waals surface area contributed by atoms with Crippen LogP contribution in [0.1, 0.15) is 13.3 Å². The van der Waals surface area contributed by atoms with E-state index in [1.54, 1.807) is 6.07 Å². The molecule has 0 amide bonds. The highest BCUT2D eigenvalue weighted by Crippen LogP contribution is 2.08. The maximum absolute atomic E-state index is 5.52. The third-order valence-corrected chi connectivity index (χ3v) is 1.74. The number of aromatic nitrogens is 2. The van der Waals surface area contributed by atoms with Crippen molar-refractivity contribution in [2.24, 2.45) is 0 Å². The van der Waals surface area contributed by atoms with Crippen LogP contribution in [-0.2, 0) is 4.74 Å². The minimum absolute atomic E-state index is 0.183. The van der Waals surface area contributed by atoms with Crippen molar-refractivity contribution in [1.29, 1.82) is 0 Å². The van der Waals surface area contributed by atoms with Gasteiger partial charge in [-0.3, -0.25) is 0 Å². The molecular formula is C9H17N5O. The van der Waals surface area contributed by atoms with Crippen molar-refractivity contribution >= 4 is 17.6 Å². The quantitative estimate of drug-likeness (QED) is 0.592. The molecule has 1 aromatic heterocycles. The molecule has 0 aliphatic carbocycles. The molecule has 0 fully saturated rings. The Bertz CT molecular complexity index is 284. The number of hydrogen-bond donors (Lipinski definition) is 3. The highest BCUT2D eigenvalue weighted by molar-refractivity contribution is 5.48. The largest absolute Gasteiger partial charge is 0.383 e. The van der Waals surface area contributed by atoms with Crippen LogP contribution in [0.4, 0.5) is 17.6 Å². The predicted octanol–water partition coefficient (Wildman–Crippen LogP) is 0.480. The van der Waals surface area contributed by atoms with E-state index in [0.717, 1.165) is 26.2 Å². The molecule has 5 N–H and O–H groups in total. The average molecular weight is 211 g/mol. The Balaban J connectivity index is 2.31. The van der Waals surface area contributed by atoms with Crippen molar-refractivity contribution in [3.8, 4) is 0 Å². The van der Waals surface area contributed by atoms with E-state index in [9.17, 15) is 0 Å². The number of nitrogens with one attached hydrogen (secondary N) is 1. The van der Waals surface area contributed by atoms with Crippen molar-refractivity contribution in [1.82, 2.24) is 9.97 Å². The number of nitrogen functional groups attached to an aromatic ring is 2. The van der Waals surface area contributed by atoms with Crippen LogP contribution in [0.3, 0.4) is 0 Å². The number of ether oxygens (including phenoxy) is 1. The van der Waals surface area contributed by atoms with Crippen molar-refractivity contribution in [3.63, 3.8) is 0 Å². The van der Waals surface area contributed by atoms with E-state index in [1.807, 2.05) is 6.92 Å². The van der Waals surface area contributed by atoms with Gasteiger partial charge in [0.1, 0.15) is 11.6 Å². The lowest BCUT2D eigenvalue weighted by Gasteiger charge is -2.06. The minimum atomic E-state index is 0.183. The summed E-state index contributed by atoms with van der Waals surface area (Å²) in [6, 6.07) is 1.65. The van der Waals surface area contributed by atoms with Crippen molar-refractivity contribution < 1.29 is 4.74 Å². The molecule has 0 saturated carbocycles. The molecule has 1 rings (SSSR count). The Morgan fingerprint density at radius 2 is 2.20 bits per heavy atom. The Morgan fingerprint density at radius 3 is 2.87 bits per heavy atom. The van der Waals surface area contributed by atoms with E-state index in [1.165, 1.54) is 0 Å². The smallest absolute Gasteiger partial charge is 0.223 e. The maximum atomic E-state index is 5.52. The van der Waals surface area contributed by atoms with Crippen LogP contribution in [0.2, 0.25) is 0 Å². The standard InChI is InChI=1S/C9H17N5O/c1-2-15-5-3-4-12-8-6-7(10)13-9(11)14-8/h6H,2-5H2,1H3,(H5,10,11,12,13,14). The Labute approximate surface area is 89.0 Å². The maximum Gasteiger partial charge on any atom is 0.223 e. The Morgan fingerprint density at radius 1 is 1.40 bits per heavy atom. The second-order valence-electron chi connectivity index (χ2n) is 3.01. The van der Waals surface area contributed by atoms with Crippen LogP contribution in [0.15, 0.2) is 6.07 Å². The van der Waals surface area contributed by atoms with Crippen molar-refractivity contribution in [3.05, 3.63) is 6.07 Å². The van der Waals surface area contributed by atoms with Crippen molar-refractivity contribution in [2.45, 2.75) is 13.3 Å². The van der Waals surface area contributed by atoms with Gasteiger partial charge >= 0.3 is 0 Å². The second kappa shape index (κ2) is 6.02. The first-order valence-electron chi connectivity index (χ1n) is 4.94. The molecule has 0 aliphatic rings. The lowest BCUT2D eigenvalue weighted by atomic mass is 10.4. The van der Waals surface area contributed by atoms with E-state index in [2.05, 4.69) is 15.3 Å². The number of rotatable bonds is 6. The minimum Gasteiger partial charge on any atom is -0.383 e. The molecule has 84 valence electrons. The van der Waals surface area contributed by atoms with Gasteiger partial charge in [0.15, 0.2) is 0 Å². The number of hydrogen-bond acceptors (Lipinski definition) is 6. The second-order valence-corrected chi connectivity index (χ2v) is 3.01. The monoisotopic (exact) mass is 211 g/mol. The van der Waals surface area contributed by atoms with Gasteiger partial charge < -0.3 is 21.5 Å². The van der Waals surface area contributed by atoms with E-state index in [0.29, 0.717) is 11.6 Å². The van der Waals surface area contributed by atoms with E-state index in [-0.39, 0.29) is 5.95 Å². The molecule has 1 heterocycles. The predicted molar refractivity (Wildman–Crippen MR) is 60.5 cm³/mol. The molecule has 6 heteroatoms. The Kier molecular flexibility index (Phi) is 4.62. The van der Waals surface area contributed by atoms with Gasteiger partial charge in [-0.15, -0.1) is 0 Å². The zero-order valence-corrected chi connectivity index (χ0v) is 8.86. The molecule has 0 spiro atoms. The fraction of sp³-hybridized carbons (Fsp3) is 0.556. The molecule has 6 nitrogen and oxygen atoms in total. The van der Waals surface area contributed by atoms with Crippen LogP contribution >= 0.6 is 0 Å². The Hall–Kier alpha value is -1.56. The van der Waals surface area contributed by atoms with Crippen LogP contribution in [0.25, 0.3) is 0 Å². The topological polar surface area (TPSA) is 99.1 Å². The lowest BCUT2D eigenvalue weighted by molar-refractivity contribution is 0.147. The van der Waals surface area contributed by atoms with Gasteiger partial charge in [0.25, 0.3) is 0 Å². The molecular weight excluding hydrogens is 194 g/mol. The summed E-state index contributed by atoms with van der Waals surface area (Å²) in [7, 11) is 0. The van der Waals surface area contributed by atoms with Gasteiger partial charge in [-0.25, -0.2) is 0 Å². The summed E-state index contributed by atoms with van der Waals surface area (Å²) in [6.07, 6.45) is 0.914. The summed E-state index contributed by atoms with van der Waals surface area (Å²) in [4.78, 5) is 7.76. The highest BCUT2D eigenvalue weighted by Gasteiger charge is 1.98. The van der Waals surface area contributed by atoms with Crippen LogP contribution < -0.4 is 16.8 Å². The lowest BCUT2D eigenvalue weighted by Crippen LogP contribution is -2.09. The first-order chi connectivity index (χ1) is 7.22. The van der Waals surface area contributed by atoms with Crippen LogP contribution in [-0.4, -0.2) is 29.7 Å². The molecule has 0 bridgehead atoms. The van der Waals surface area contributed by atoms with Crippen LogP contribution in [0.5, 0.6) is 0 Å². The zero-order valence-electron chi connectivity index (χ0n) is 8.86. The SMILES string of the molecule is CCOCCCNc1cc(N)nc(N)n1.